The normalized spacial score (nSPS) is 17.7. The third kappa shape index (κ3) is 4.43. The summed E-state index contributed by atoms with van der Waals surface area (Å²) in [6.07, 6.45) is 3.85. The topological polar surface area (TPSA) is 87.5 Å². The van der Waals surface area contributed by atoms with E-state index in [1.807, 2.05) is 6.92 Å². The van der Waals surface area contributed by atoms with Gasteiger partial charge in [-0.2, -0.15) is 5.26 Å². The van der Waals surface area contributed by atoms with Crippen LogP contribution in [0.5, 0.6) is 11.6 Å². The van der Waals surface area contributed by atoms with Gasteiger partial charge in [0.15, 0.2) is 0 Å². The average molecular weight is 426 g/mol. The van der Waals surface area contributed by atoms with Crippen molar-refractivity contribution in [2.45, 2.75) is 25.9 Å². The third-order valence-corrected chi connectivity index (χ3v) is 5.14. The van der Waals surface area contributed by atoms with E-state index in [0.717, 1.165) is 17.7 Å². The number of likely N-dealkylation sites (tertiary alicyclic amines) is 1. The number of nitrogens with one attached hydrogen (secondary N) is 1. The van der Waals surface area contributed by atoms with Crippen LogP contribution in [-0.4, -0.2) is 41.7 Å². The Kier molecular flexibility index (Phi) is 5.71. The number of piperidine rings is 1. The molecule has 1 aromatic heterocycles. The second kappa shape index (κ2) is 8.60. The molecule has 0 spiro atoms. The van der Waals surface area contributed by atoms with Crippen LogP contribution in [0.3, 0.4) is 0 Å². The number of anilines is 1. The van der Waals surface area contributed by atoms with Crippen LogP contribution in [0.2, 0.25) is 0 Å². The van der Waals surface area contributed by atoms with Crippen molar-refractivity contribution in [1.82, 2.24) is 9.88 Å². The van der Waals surface area contributed by atoms with E-state index in [4.69, 9.17) is 14.7 Å². The highest BCUT2D eigenvalue weighted by atomic mass is 19.1. The number of rotatable bonds is 2. The van der Waals surface area contributed by atoms with E-state index >= 15 is 0 Å². The molecule has 31 heavy (non-hydrogen) atoms. The first kappa shape index (κ1) is 20.6. The molecule has 7 nitrogen and oxygen atoms in total. The Labute approximate surface area is 177 Å². The van der Waals surface area contributed by atoms with E-state index < -0.39 is 11.6 Å². The summed E-state index contributed by atoms with van der Waals surface area (Å²) in [5.74, 6) is -0.809. The van der Waals surface area contributed by atoms with Gasteiger partial charge in [0.2, 0.25) is 5.75 Å². The molecule has 1 fully saturated rings. The smallest absolute Gasteiger partial charge is 0.321 e. The first-order valence-corrected chi connectivity index (χ1v) is 9.87. The van der Waals surface area contributed by atoms with Crippen LogP contribution >= 0.6 is 0 Å². The van der Waals surface area contributed by atoms with Crippen molar-refractivity contribution in [3.05, 3.63) is 52.7 Å². The first-order chi connectivity index (χ1) is 14.9. The van der Waals surface area contributed by atoms with E-state index in [0.29, 0.717) is 49.9 Å². The molecule has 1 atom stereocenters. The fraction of sp³-hybridized carbons (Fsp3) is 0.318. The van der Waals surface area contributed by atoms with Gasteiger partial charge in [0, 0.05) is 24.8 Å². The molecule has 2 aromatic rings. The van der Waals surface area contributed by atoms with Gasteiger partial charge in [0.05, 0.1) is 17.3 Å². The number of fused-ring (bicyclic) bond motifs is 1. The lowest BCUT2D eigenvalue weighted by Gasteiger charge is -2.30. The number of nitrogens with zero attached hydrogens (tertiary/aromatic N) is 3. The number of carbonyl (C=O) groups is 1. The molecule has 160 valence electrons. The summed E-state index contributed by atoms with van der Waals surface area (Å²) in [5, 5.41) is 11.6. The summed E-state index contributed by atoms with van der Waals surface area (Å²) in [4.78, 5) is 18.4. The number of aromatic nitrogens is 1. The maximum Gasteiger partial charge on any atom is 0.321 e. The second-order valence-corrected chi connectivity index (χ2v) is 7.42. The van der Waals surface area contributed by atoms with Crippen molar-refractivity contribution in [2.75, 3.05) is 25.0 Å². The van der Waals surface area contributed by atoms with Gasteiger partial charge >= 0.3 is 6.03 Å². The molecule has 0 bridgehead atoms. The predicted octanol–water partition coefficient (Wildman–Crippen LogP) is 4.10. The molecule has 4 rings (SSSR count). The zero-order chi connectivity index (χ0) is 22.0. The van der Waals surface area contributed by atoms with E-state index in [9.17, 15) is 13.6 Å². The van der Waals surface area contributed by atoms with Crippen LogP contribution in [0.1, 0.15) is 30.9 Å². The molecule has 9 heteroatoms. The van der Waals surface area contributed by atoms with Crippen LogP contribution in [0, 0.1) is 23.0 Å². The lowest BCUT2D eigenvalue weighted by atomic mass is 10.00. The molecular weight excluding hydrogens is 406 g/mol. The summed E-state index contributed by atoms with van der Waals surface area (Å²) in [7, 11) is 0. The molecule has 0 aliphatic carbocycles. The highest BCUT2D eigenvalue weighted by Gasteiger charge is 2.25. The number of amides is 2. The van der Waals surface area contributed by atoms with Gasteiger partial charge in [-0.05, 0) is 44.0 Å². The summed E-state index contributed by atoms with van der Waals surface area (Å²) in [5.41, 5.74) is 1.08. The SMILES string of the molecule is CC1COc2c(NC(=O)N3CCC(=Cc4c(F)cc(C#N)cc4F)CC3)ccnc2O1. The second-order valence-electron chi connectivity index (χ2n) is 7.42. The Balaban J connectivity index is 1.41. The molecule has 2 aliphatic heterocycles. The van der Waals surface area contributed by atoms with Crippen molar-refractivity contribution in [2.24, 2.45) is 0 Å². The maximum atomic E-state index is 14.1. The lowest BCUT2D eigenvalue weighted by molar-refractivity contribution is 0.0985. The monoisotopic (exact) mass is 426 g/mol. The molecular formula is C22H20F2N4O3. The Morgan fingerprint density at radius 3 is 2.71 bits per heavy atom. The van der Waals surface area contributed by atoms with Crippen molar-refractivity contribution in [1.29, 1.82) is 5.26 Å². The number of urea groups is 1. The van der Waals surface area contributed by atoms with Crippen LogP contribution in [-0.2, 0) is 0 Å². The standard InChI is InChI=1S/C22H20F2N4O3/c1-13-12-30-20-19(2-5-26-21(20)31-13)27-22(29)28-6-3-14(4-7-28)8-16-17(23)9-15(11-25)10-18(16)24/h2,5,8-10,13H,3-4,6-7,12H2,1H3,(H,26,27,29). The van der Waals surface area contributed by atoms with Gasteiger partial charge in [-0.3, -0.25) is 0 Å². The van der Waals surface area contributed by atoms with E-state index in [1.54, 1.807) is 17.0 Å². The molecule has 3 heterocycles. The Bertz CT molecular complexity index is 1060. The van der Waals surface area contributed by atoms with Gasteiger partial charge < -0.3 is 19.7 Å². The summed E-state index contributed by atoms with van der Waals surface area (Å²) in [6, 6.07) is 5.09. The molecule has 1 aromatic carbocycles. The number of carbonyl (C=O) groups excluding carboxylic acids is 1. The summed E-state index contributed by atoms with van der Waals surface area (Å²) in [6.45, 7) is 3.03. The number of pyridine rings is 1. The lowest BCUT2D eigenvalue weighted by Crippen LogP contribution is -2.39. The van der Waals surface area contributed by atoms with Gasteiger partial charge in [0.1, 0.15) is 24.3 Å². The largest absolute Gasteiger partial charge is 0.482 e. The molecule has 2 aliphatic rings. The van der Waals surface area contributed by atoms with Crippen molar-refractivity contribution < 1.29 is 23.0 Å². The van der Waals surface area contributed by atoms with Gasteiger partial charge in [-0.25, -0.2) is 18.6 Å². The van der Waals surface area contributed by atoms with Crippen LogP contribution < -0.4 is 14.8 Å². The number of hydrogen-bond acceptors (Lipinski definition) is 5. The van der Waals surface area contributed by atoms with Crippen LogP contribution in [0.25, 0.3) is 6.08 Å². The molecule has 1 unspecified atom stereocenters. The maximum absolute atomic E-state index is 14.1. The number of halogens is 2. The van der Waals surface area contributed by atoms with Crippen molar-refractivity contribution in [3.8, 4) is 17.7 Å². The zero-order valence-corrected chi connectivity index (χ0v) is 16.8. The average Bonchev–Trinajstić information content (AvgIpc) is 2.76. The molecule has 0 radical (unpaired) electrons. The van der Waals surface area contributed by atoms with Crippen LogP contribution in [0.15, 0.2) is 30.0 Å². The number of nitriles is 1. The van der Waals surface area contributed by atoms with Crippen molar-refractivity contribution in [3.63, 3.8) is 0 Å². The van der Waals surface area contributed by atoms with E-state index in [2.05, 4.69) is 10.3 Å². The third-order valence-electron chi connectivity index (χ3n) is 5.14. The first-order valence-electron chi connectivity index (χ1n) is 9.87. The van der Waals surface area contributed by atoms with E-state index in [-0.39, 0.29) is 23.3 Å². The Morgan fingerprint density at radius 1 is 1.32 bits per heavy atom. The van der Waals surface area contributed by atoms with Crippen molar-refractivity contribution >= 4 is 17.8 Å². The minimum Gasteiger partial charge on any atom is -0.482 e. The Hall–Kier alpha value is -3.67. The fourth-order valence-electron chi connectivity index (χ4n) is 3.50. The molecule has 1 saturated heterocycles. The molecule has 2 amide bonds. The minimum atomic E-state index is -0.775. The van der Waals surface area contributed by atoms with Gasteiger partial charge in [0.25, 0.3) is 5.88 Å². The number of hydrogen-bond donors (Lipinski definition) is 1. The summed E-state index contributed by atoms with van der Waals surface area (Å²) >= 11 is 0. The quantitative estimate of drug-likeness (QED) is 0.781. The van der Waals surface area contributed by atoms with E-state index in [1.165, 1.54) is 12.3 Å². The summed E-state index contributed by atoms with van der Waals surface area (Å²) < 4.78 is 39.5. The minimum absolute atomic E-state index is 0.0641. The van der Waals surface area contributed by atoms with Crippen LogP contribution in [0.4, 0.5) is 19.3 Å². The predicted molar refractivity (Wildman–Crippen MR) is 109 cm³/mol. The number of ether oxygens (including phenoxy) is 2. The molecule has 1 N–H and O–H groups in total. The molecule has 0 saturated carbocycles. The van der Waals surface area contributed by atoms with Gasteiger partial charge in [-0.1, -0.05) is 5.57 Å². The highest BCUT2D eigenvalue weighted by molar-refractivity contribution is 5.91. The Morgan fingerprint density at radius 2 is 2.03 bits per heavy atom. The highest BCUT2D eigenvalue weighted by Crippen LogP contribution is 2.36. The van der Waals surface area contributed by atoms with Gasteiger partial charge in [-0.15, -0.1) is 0 Å². The zero-order valence-electron chi connectivity index (χ0n) is 16.8. The number of benzene rings is 1. The fourth-order valence-corrected chi connectivity index (χ4v) is 3.50.